The lowest BCUT2D eigenvalue weighted by Crippen LogP contribution is -2.38. The smallest absolute Gasteiger partial charge is 0.234 e. The van der Waals surface area contributed by atoms with Crippen molar-refractivity contribution in [3.05, 3.63) is 48.6 Å². The normalized spacial score (nSPS) is 14.5. The molecule has 0 heterocycles. The summed E-state index contributed by atoms with van der Waals surface area (Å²) in [5, 5.41) is 2.83. The average molecular weight is 244 g/mol. The third kappa shape index (κ3) is 4.00. The van der Waals surface area contributed by atoms with Gasteiger partial charge in [0.05, 0.1) is 6.54 Å². The van der Waals surface area contributed by atoms with Crippen LogP contribution in [0.25, 0.3) is 0 Å². The second-order valence-electron chi connectivity index (χ2n) is 4.71. The summed E-state index contributed by atoms with van der Waals surface area (Å²) >= 11 is 0. The number of nitrogens with one attached hydrogen (secondary N) is 1. The number of amides is 1. The molecular formula is C15H20N2O. The Morgan fingerprint density at radius 3 is 2.72 bits per heavy atom. The van der Waals surface area contributed by atoms with Gasteiger partial charge in [0.15, 0.2) is 0 Å². The molecule has 0 aliphatic heterocycles. The summed E-state index contributed by atoms with van der Waals surface area (Å²) in [6.07, 6.45) is 4.12. The zero-order valence-corrected chi connectivity index (χ0v) is 10.6. The maximum absolute atomic E-state index is 11.7. The molecule has 1 aromatic rings. The molecule has 1 aromatic carbocycles. The van der Waals surface area contributed by atoms with E-state index in [1.807, 2.05) is 18.2 Å². The van der Waals surface area contributed by atoms with E-state index in [-0.39, 0.29) is 5.91 Å². The molecule has 1 aliphatic rings. The van der Waals surface area contributed by atoms with Crippen molar-refractivity contribution in [2.75, 3.05) is 13.1 Å². The third-order valence-corrected chi connectivity index (χ3v) is 3.08. The molecule has 0 bridgehead atoms. The molecule has 3 nitrogen and oxygen atoms in total. The van der Waals surface area contributed by atoms with Gasteiger partial charge in [-0.1, -0.05) is 36.4 Å². The summed E-state index contributed by atoms with van der Waals surface area (Å²) in [6, 6.07) is 10.9. The lowest BCUT2D eigenvalue weighted by molar-refractivity contribution is -0.122. The number of hydrogen-bond acceptors (Lipinski definition) is 2. The van der Waals surface area contributed by atoms with Gasteiger partial charge >= 0.3 is 0 Å². The topological polar surface area (TPSA) is 32.3 Å². The van der Waals surface area contributed by atoms with Crippen LogP contribution in [0.2, 0.25) is 0 Å². The van der Waals surface area contributed by atoms with Crippen LogP contribution < -0.4 is 5.32 Å². The molecule has 1 saturated carbocycles. The summed E-state index contributed by atoms with van der Waals surface area (Å²) in [5.74, 6) is 0.0812. The summed E-state index contributed by atoms with van der Waals surface area (Å²) in [7, 11) is 0. The summed E-state index contributed by atoms with van der Waals surface area (Å²) in [6.45, 7) is 5.48. The van der Waals surface area contributed by atoms with Gasteiger partial charge in [-0.15, -0.1) is 6.58 Å². The van der Waals surface area contributed by atoms with Crippen molar-refractivity contribution < 1.29 is 4.79 Å². The van der Waals surface area contributed by atoms with E-state index in [0.717, 1.165) is 6.54 Å². The van der Waals surface area contributed by atoms with Gasteiger partial charge in [-0.3, -0.25) is 9.69 Å². The van der Waals surface area contributed by atoms with Gasteiger partial charge in [-0.2, -0.15) is 0 Å². The number of rotatable bonds is 7. The molecule has 1 aliphatic carbocycles. The third-order valence-electron chi connectivity index (χ3n) is 3.08. The number of hydrogen-bond donors (Lipinski definition) is 1. The van der Waals surface area contributed by atoms with Crippen molar-refractivity contribution in [1.29, 1.82) is 0 Å². The van der Waals surface area contributed by atoms with E-state index < -0.39 is 0 Å². The lowest BCUT2D eigenvalue weighted by atomic mass is 10.2. The molecule has 0 unspecified atom stereocenters. The minimum atomic E-state index is 0.0812. The highest BCUT2D eigenvalue weighted by Gasteiger charge is 2.30. The molecule has 0 spiro atoms. The van der Waals surface area contributed by atoms with Gasteiger partial charge in [0.1, 0.15) is 0 Å². The minimum Gasteiger partial charge on any atom is -0.352 e. The van der Waals surface area contributed by atoms with Crippen molar-refractivity contribution in [2.45, 2.75) is 25.4 Å². The van der Waals surface area contributed by atoms with E-state index in [0.29, 0.717) is 19.1 Å². The van der Waals surface area contributed by atoms with Gasteiger partial charge < -0.3 is 5.32 Å². The zero-order chi connectivity index (χ0) is 12.8. The Labute approximate surface area is 108 Å². The van der Waals surface area contributed by atoms with Gasteiger partial charge in [0.25, 0.3) is 0 Å². The molecule has 0 radical (unpaired) electrons. The van der Waals surface area contributed by atoms with Gasteiger partial charge in [0, 0.05) is 19.1 Å². The first-order valence-corrected chi connectivity index (χ1v) is 6.45. The predicted octanol–water partition coefficient (Wildman–Crippen LogP) is 1.95. The maximum atomic E-state index is 11.7. The van der Waals surface area contributed by atoms with Crippen molar-refractivity contribution in [1.82, 2.24) is 10.2 Å². The van der Waals surface area contributed by atoms with Crippen LogP contribution in [0.5, 0.6) is 0 Å². The molecule has 0 atom stereocenters. The van der Waals surface area contributed by atoms with E-state index in [1.165, 1.54) is 18.4 Å². The molecule has 0 saturated heterocycles. The fraction of sp³-hybridized carbons (Fsp3) is 0.400. The highest BCUT2D eigenvalue weighted by atomic mass is 16.2. The lowest BCUT2D eigenvalue weighted by Gasteiger charge is -2.21. The first kappa shape index (κ1) is 12.8. The highest BCUT2D eigenvalue weighted by Crippen LogP contribution is 2.27. The monoisotopic (exact) mass is 244 g/mol. The molecule has 3 heteroatoms. The van der Waals surface area contributed by atoms with Crippen LogP contribution in [0.3, 0.4) is 0 Å². The van der Waals surface area contributed by atoms with Crippen molar-refractivity contribution in [3.63, 3.8) is 0 Å². The molecule has 18 heavy (non-hydrogen) atoms. The standard InChI is InChI=1S/C15H20N2O/c1-2-10-16-15(18)12-17(14-8-9-14)11-13-6-4-3-5-7-13/h2-7,14H,1,8-12H2,(H,16,18). The molecule has 96 valence electrons. The number of carbonyl (C=O) groups is 1. The van der Waals surface area contributed by atoms with Crippen LogP contribution in [0.4, 0.5) is 0 Å². The van der Waals surface area contributed by atoms with E-state index in [1.54, 1.807) is 6.08 Å². The van der Waals surface area contributed by atoms with Crippen LogP contribution in [-0.4, -0.2) is 29.9 Å². The Hall–Kier alpha value is -1.61. The summed E-state index contributed by atoms with van der Waals surface area (Å²) in [4.78, 5) is 14.0. The SMILES string of the molecule is C=CCNC(=O)CN(Cc1ccccc1)C1CC1. The van der Waals surface area contributed by atoms with Gasteiger partial charge in [0.2, 0.25) is 5.91 Å². The van der Waals surface area contributed by atoms with E-state index >= 15 is 0 Å². The van der Waals surface area contributed by atoms with Crippen LogP contribution in [-0.2, 0) is 11.3 Å². The minimum absolute atomic E-state index is 0.0812. The molecule has 1 N–H and O–H groups in total. The highest BCUT2D eigenvalue weighted by molar-refractivity contribution is 5.78. The molecule has 2 rings (SSSR count). The number of carbonyl (C=O) groups excluding carboxylic acids is 1. The average Bonchev–Trinajstić information content (AvgIpc) is 3.21. The second kappa shape index (κ2) is 6.36. The quantitative estimate of drug-likeness (QED) is 0.744. The predicted molar refractivity (Wildman–Crippen MR) is 73.1 cm³/mol. The fourth-order valence-electron chi connectivity index (χ4n) is 2.00. The Morgan fingerprint density at radius 1 is 1.39 bits per heavy atom. The molecule has 0 aromatic heterocycles. The molecule has 1 amide bonds. The fourth-order valence-corrected chi connectivity index (χ4v) is 2.00. The Bertz CT molecular complexity index is 398. The van der Waals surface area contributed by atoms with Gasteiger partial charge in [-0.25, -0.2) is 0 Å². The van der Waals surface area contributed by atoms with Crippen molar-refractivity contribution in [2.24, 2.45) is 0 Å². The zero-order valence-electron chi connectivity index (χ0n) is 10.6. The summed E-state index contributed by atoms with van der Waals surface area (Å²) < 4.78 is 0. The Morgan fingerprint density at radius 2 is 2.11 bits per heavy atom. The second-order valence-corrected chi connectivity index (χ2v) is 4.71. The number of benzene rings is 1. The van der Waals surface area contributed by atoms with Crippen molar-refractivity contribution in [3.8, 4) is 0 Å². The first-order valence-electron chi connectivity index (χ1n) is 6.45. The maximum Gasteiger partial charge on any atom is 0.234 e. The Balaban J connectivity index is 1.88. The van der Waals surface area contributed by atoms with Crippen LogP contribution in [0.15, 0.2) is 43.0 Å². The molecular weight excluding hydrogens is 224 g/mol. The Kier molecular flexibility index (Phi) is 4.53. The van der Waals surface area contributed by atoms with E-state index in [2.05, 4.69) is 28.9 Å². The van der Waals surface area contributed by atoms with Crippen LogP contribution in [0, 0.1) is 0 Å². The first-order chi connectivity index (χ1) is 8.79. The summed E-state index contributed by atoms with van der Waals surface area (Å²) in [5.41, 5.74) is 1.26. The van der Waals surface area contributed by atoms with Crippen molar-refractivity contribution >= 4 is 5.91 Å². The largest absolute Gasteiger partial charge is 0.352 e. The van der Waals surface area contributed by atoms with Crippen LogP contribution in [0.1, 0.15) is 18.4 Å². The van der Waals surface area contributed by atoms with Gasteiger partial charge in [-0.05, 0) is 18.4 Å². The molecule has 1 fully saturated rings. The van der Waals surface area contributed by atoms with Crippen LogP contribution >= 0.6 is 0 Å². The number of nitrogens with zero attached hydrogens (tertiary/aromatic N) is 1. The van der Waals surface area contributed by atoms with E-state index in [9.17, 15) is 4.79 Å². The van der Waals surface area contributed by atoms with E-state index in [4.69, 9.17) is 0 Å².